The highest BCUT2D eigenvalue weighted by Crippen LogP contribution is 2.40. The van der Waals surface area contributed by atoms with E-state index < -0.39 is 0 Å². The minimum atomic E-state index is 1.05. The van der Waals surface area contributed by atoms with Crippen molar-refractivity contribution in [3.63, 3.8) is 0 Å². The summed E-state index contributed by atoms with van der Waals surface area (Å²) in [6, 6.07) is 4.71. The Morgan fingerprint density at radius 3 is 2.95 bits per heavy atom. The monoisotopic (exact) mass is 272 g/mol. The van der Waals surface area contributed by atoms with Gasteiger partial charge in [-0.1, -0.05) is 48.6 Å². The normalized spacial score (nSPS) is 21.0. The molecule has 0 nitrogen and oxygen atoms in total. The van der Waals surface area contributed by atoms with Gasteiger partial charge in [0.05, 0.1) is 0 Å². The number of rotatable bonds is 1. The maximum absolute atomic E-state index is 2.40. The van der Waals surface area contributed by atoms with Crippen LogP contribution in [0.25, 0.3) is 17.2 Å². The van der Waals surface area contributed by atoms with E-state index in [0.717, 1.165) is 6.42 Å². The van der Waals surface area contributed by atoms with Crippen molar-refractivity contribution in [2.24, 2.45) is 0 Å². The van der Waals surface area contributed by atoms with Gasteiger partial charge in [0, 0.05) is 0 Å². The van der Waals surface area contributed by atoms with Crippen molar-refractivity contribution in [3.8, 4) is 0 Å². The van der Waals surface area contributed by atoms with Crippen LogP contribution in [0.2, 0.25) is 0 Å². The molecule has 0 heteroatoms. The fraction of sp³-hybridized carbons (Fsp3) is 0.238. The first-order chi connectivity index (χ1) is 10.3. The van der Waals surface area contributed by atoms with E-state index in [9.17, 15) is 0 Å². The molecule has 3 aliphatic carbocycles. The van der Waals surface area contributed by atoms with Gasteiger partial charge >= 0.3 is 0 Å². The molecule has 21 heavy (non-hydrogen) atoms. The summed E-state index contributed by atoms with van der Waals surface area (Å²) in [5, 5.41) is 2.92. The zero-order valence-corrected chi connectivity index (χ0v) is 12.7. The van der Waals surface area contributed by atoms with Crippen molar-refractivity contribution >= 4 is 17.2 Å². The Kier molecular flexibility index (Phi) is 2.85. The van der Waals surface area contributed by atoms with Crippen LogP contribution in [0.15, 0.2) is 53.7 Å². The average Bonchev–Trinajstić information content (AvgIpc) is 2.83. The van der Waals surface area contributed by atoms with Crippen molar-refractivity contribution < 1.29 is 0 Å². The third kappa shape index (κ3) is 1.82. The molecule has 0 saturated heterocycles. The molecule has 0 unspecified atom stereocenters. The molecule has 0 saturated carbocycles. The van der Waals surface area contributed by atoms with Crippen LogP contribution in [0, 0.1) is 6.92 Å². The Morgan fingerprint density at radius 2 is 2.10 bits per heavy atom. The number of hydrogen-bond acceptors (Lipinski definition) is 0. The van der Waals surface area contributed by atoms with Gasteiger partial charge in [0.1, 0.15) is 0 Å². The standard InChI is InChI=1S/C21H20/c1-3-4-7-15-10-11-16-12-14(2)13-19-17-8-5-6-9-18(17)20(15)21(16)19/h3-5,7-8,11-13H,6,9-10H2,1-2H3/b4-3-,15-7+. The van der Waals surface area contributed by atoms with E-state index in [1.54, 1.807) is 5.57 Å². The summed E-state index contributed by atoms with van der Waals surface area (Å²) < 4.78 is 0. The molecule has 0 amide bonds. The molecule has 0 fully saturated rings. The molecule has 0 radical (unpaired) electrons. The second kappa shape index (κ2) is 4.73. The lowest BCUT2D eigenvalue weighted by molar-refractivity contribution is 1.00. The quantitative estimate of drug-likeness (QED) is 0.726. The van der Waals surface area contributed by atoms with Gasteiger partial charge in [0.2, 0.25) is 0 Å². The molecule has 0 atom stereocenters. The highest BCUT2D eigenvalue weighted by molar-refractivity contribution is 6.00. The zero-order valence-electron chi connectivity index (χ0n) is 12.7. The number of benzene rings is 1. The minimum Gasteiger partial charge on any atom is -0.0877 e. The molecule has 3 aliphatic rings. The van der Waals surface area contributed by atoms with E-state index in [0.29, 0.717) is 0 Å². The van der Waals surface area contributed by atoms with Crippen molar-refractivity contribution in [1.82, 2.24) is 0 Å². The summed E-state index contributed by atoms with van der Waals surface area (Å²) in [4.78, 5) is 0. The Labute approximate surface area is 126 Å². The topological polar surface area (TPSA) is 0 Å². The van der Waals surface area contributed by atoms with E-state index in [2.05, 4.69) is 62.4 Å². The van der Waals surface area contributed by atoms with Crippen LogP contribution >= 0.6 is 0 Å². The van der Waals surface area contributed by atoms with Gasteiger partial charge in [-0.15, -0.1) is 0 Å². The van der Waals surface area contributed by atoms with Gasteiger partial charge in [-0.3, -0.25) is 0 Å². The number of allylic oxidation sites excluding steroid dienone is 8. The first-order valence-electron chi connectivity index (χ1n) is 7.87. The van der Waals surface area contributed by atoms with E-state index >= 15 is 0 Å². The Hall–Kier alpha value is -2.08. The molecule has 0 aliphatic heterocycles. The van der Waals surface area contributed by atoms with Crippen LogP contribution in [-0.2, 0) is 0 Å². The number of aryl methyl sites for hydroxylation is 1. The van der Waals surface area contributed by atoms with Gasteiger partial charge in [-0.2, -0.15) is 0 Å². The lowest BCUT2D eigenvalue weighted by Crippen LogP contribution is -2.31. The Bertz CT molecular complexity index is 867. The van der Waals surface area contributed by atoms with Gasteiger partial charge in [-0.05, 0) is 77.0 Å². The molecule has 104 valence electrons. The largest absolute Gasteiger partial charge is 0.0877 e. The summed E-state index contributed by atoms with van der Waals surface area (Å²) in [6.45, 7) is 4.29. The summed E-state index contributed by atoms with van der Waals surface area (Å²) in [5.41, 5.74) is 8.87. The van der Waals surface area contributed by atoms with Gasteiger partial charge in [0.25, 0.3) is 0 Å². The predicted molar refractivity (Wildman–Crippen MR) is 91.1 cm³/mol. The van der Waals surface area contributed by atoms with Crippen LogP contribution in [0.5, 0.6) is 0 Å². The van der Waals surface area contributed by atoms with Crippen LogP contribution in [0.4, 0.5) is 0 Å². The van der Waals surface area contributed by atoms with E-state index in [4.69, 9.17) is 0 Å². The summed E-state index contributed by atoms with van der Waals surface area (Å²) in [5.74, 6) is 0. The number of hydrogen-bond donors (Lipinski definition) is 0. The SMILES string of the molecule is C/C=C\C=C1/CC=c2cc(C)cc3c2=C1C1=C3C=CCC1. The molecule has 1 aromatic rings. The molecule has 1 aromatic carbocycles. The molecule has 0 heterocycles. The molecule has 4 rings (SSSR count). The van der Waals surface area contributed by atoms with Gasteiger partial charge in [-0.25, -0.2) is 0 Å². The highest BCUT2D eigenvalue weighted by Gasteiger charge is 2.26. The van der Waals surface area contributed by atoms with Crippen LogP contribution in [-0.4, -0.2) is 0 Å². The third-order valence-corrected chi connectivity index (χ3v) is 4.68. The zero-order chi connectivity index (χ0) is 14.4. The highest BCUT2D eigenvalue weighted by atomic mass is 14.3. The molecule has 0 N–H and O–H groups in total. The fourth-order valence-electron chi connectivity index (χ4n) is 3.83. The van der Waals surface area contributed by atoms with Crippen molar-refractivity contribution in [1.29, 1.82) is 0 Å². The smallest absolute Gasteiger partial charge is 0.00297 e. The van der Waals surface area contributed by atoms with Crippen molar-refractivity contribution in [2.45, 2.75) is 33.1 Å². The summed E-state index contributed by atoms with van der Waals surface area (Å²) in [6.07, 6.45) is 17.1. The second-order valence-corrected chi connectivity index (χ2v) is 6.11. The molecular formula is C21H20. The Balaban J connectivity index is 2.10. The van der Waals surface area contributed by atoms with Crippen molar-refractivity contribution in [3.05, 3.63) is 75.2 Å². The first-order valence-corrected chi connectivity index (χ1v) is 7.87. The molecule has 0 aromatic heterocycles. The maximum atomic E-state index is 2.40. The summed E-state index contributed by atoms with van der Waals surface area (Å²) >= 11 is 0. The maximum Gasteiger partial charge on any atom is -0.00297 e. The van der Waals surface area contributed by atoms with Crippen LogP contribution in [0.1, 0.15) is 37.3 Å². The van der Waals surface area contributed by atoms with Crippen LogP contribution in [0.3, 0.4) is 0 Å². The lowest BCUT2D eigenvalue weighted by atomic mass is 9.88. The lowest BCUT2D eigenvalue weighted by Gasteiger charge is -2.16. The van der Waals surface area contributed by atoms with Crippen molar-refractivity contribution in [2.75, 3.05) is 0 Å². The van der Waals surface area contributed by atoms with E-state index in [1.807, 2.05) is 0 Å². The van der Waals surface area contributed by atoms with E-state index in [1.165, 1.54) is 51.1 Å². The summed E-state index contributed by atoms with van der Waals surface area (Å²) in [7, 11) is 0. The number of fused-ring (bicyclic) bond motifs is 2. The van der Waals surface area contributed by atoms with E-state index in [-0.39, 0.29) is 0 Å². The first kappa shape index (κ1) is 12.6. The van der Waals surface area contributed by atoms with Gasteiger partial charge in [0.15, 0.2) is 0 Å². The molecule has 0 spiro atoms. The fourth-order valence-corrected chi connectivity index (χ4v) is 3.83. The Morgan fingerprint density at radius 1 is 1.19 bits per heavy atom. The second-order valence-electron chi connectivity index (χ2n) is 6.11. The molecular weight excluding hydrogens is 252 g/mol. The van der Waals surface area contributed by atoms with Gasteiger partial charge < -0.3 is 0 Å². The van der Waals surface area contributed by atoms with Crippen LogP contribution < -0.4 is 10.4 Å². The third-order valence-electron chi connectivity index (χ3n) is 4.68. The average molecular weight is 272 g/mol. The minimum absolute atomic E-state index is 1.05. The molecule has 0 bridgehead atoms. The predicted octanol–water partition coefficient (Wildman–Crippen LogP) is 3.95.